The Morgan fingerprint density at radius 1 is 1.43 bits per heavy atom. The van der Waals surface area contributed by atoms with E-state index in [1.54, 1.807) is 24.8 Å². The Balaban J connectivity index is 2.28. The molecule has 0 radical (unpaired) electrons. The van der Waals surface area contributed by atoms with Crippen LogP contribution >= 0.6 is 11.8 Å². The van der Waals surface area contributed by atoms with E-state index in [1.165, 1.54) is 6.20 Å². The Labute approximate surface area is 127 Å². The number of anilines is 3. The van der Waals surface area contributed by atoms with Crippen LogP contribution < -0.4 is 11.1 Å². The van der Waals surface area contributed by atoms with Gasteiger partial charge in [0, 0.05) is 16.8 Å². The summed E-state index contributed by atoms with van der Waals surface area (Å²) in [4.78, 5) is 17.1. The van der Waals surface area contributed by atoms with Crippen LogP contribution in [-0.4, -0.2) is 23.8 Å². The summed E-state index contributed by atoms with van der Waals surface area (Å²) in [6, 6.07) is 9.42. The van der Waals surface area contributed by atoms with Crippen LogP contribution in [0, 0.1) is 0 Å². The molecule has 0 fully saturated rings. The maximum absolute atomic E-state index is 11.8. The van der Waals surface area contributed by atoms with Crippen molar-refractivity contribution in [2.24, 2.45) is 0 Å². The molecule has 5 nitrogen and oxygen atoms in total. The van der Waals surface area contributed by atoms with Gasteiger partial charge in [-0.1, -0.05) is 6.07 Å². The lowest BCUT2D eigenvalue weighted by Crippen LogP contribution is -2.10. The molecular formula is C15H17N3O2S. The average molecular weight is 303 g/mol. The highest BCUT2D eigenvalue weighted by atomic mass is 32.2. The molecule has 0 saturated carbocycles. The summed E-state index contributed by atoms with van der Waals surface area (Å²) in [5.74, 6) is -0.00267. The van der Waals surface area contributed by atoms with Gasteiger partial charge in [-0.05, 0) is 37.4 Å². The van der Waals surface area contributed by atoms with Crippen molar-refractivity contribution in [3.63, 3.8) is 0 Å². The van der Waals surface area contributed by atoms with Gasteiger partial charge in [0.15, 0.2) is 5.82 Å². The molecular weight excluding hydrogens is 286 g/mol. The van der Waals surface area contributed by atoms with E-state index in [-0.39, 0.29) is 5.69 Å². The van der Waals surface area contributed by atoms with Crippen molar-refractivity contribution in [1.29, 1.82) is 0 Å². The zero-order valence-corrected chi connectivity index (χ0v) is 12.7. The Morgan fingerprint density at radius 3 is 2.95 bits per heavy atom. The fraction of sp³-hybridized carbons (Fsp3) is 0.200. The number of esters is 1. The quantitative estimate of drug-likeness (QED) is 0.652. The highest BCUT2D eigenvalue weighted by molar-refractivity contribution is 7.98. The Morgan fingerprint density at radius 2 is 2.24 bits per heavy atom. The second kappa shape index (κ2) is 6.99. The van der Waals surface area contributed by atoms with Gasteiger partial charge in [0.05, 0.1) is 17.9 Å². The first kappa shape index (κ1) is 15.2. The van der Waals surface area contributed by atoms with Gasteiger partial charge in [-0.15, -0.1) is 11.8 Å². The summed E-state index contributed by atoms with van der Waals surface area (Å²) >= 11 is 1.65. The number of pyridine rings is 1. The van der Waals surface area contributed by atoms with Gasteiger partial charge < -0.3 is 15.8 Å². The number of nitrogens with one attached hydrogen (secondary N) is 1. The van der Waals surface area contributed by atoms with Crippen LogP contribution in [0.2, 0.25) is 0 Å². The van der Waals surface area contributed by atoms with Crippen molar-refractivity contribution in [2.75, 3.05) is 23.9 Å². The molecule has 1 aromatic carbocycles. The van der Waals surface area contributed by atoms with Gasteiger partial charge in [-0.25, -0.2) is 9.78 Å². The minimum atomic E-state index is -0.446. The fourth-order valence-corrected chi connectivity index (χ4v) is 2.26. The maximum atomic E-state index is 11.8. The number of hydrogen-bond donors (Lipinski definition) is 2. The van der Waals surface area contributed by atoms with Crippen molar-refractivity contribution in [3.8, 4) is 0 Å². The van der Waals surface area contributed by atoms with Crippen molar-refractivity contribution in [2.45, 2.75) is 11.8 Å². The van der Waals surface area contributed by atoms with E-state index in [9.17, 15) is 4.79 Å². The normalized spacial score (nSPS) is 10.2. The molecule has 0 aliphatic heterocycles. The third-order valence-electron chi connectivity index (χ3n) is 2.82. The molecule has 0 unspecified atom stereocenters. The smallest absolute Gasteiger partial charge is 0.340 e. The third-order valence-corrected chi connectivity index (χ3v) is 3.54. The van der Waals surface area contributed by atoms with Gasteiger partial charge in [-0.2, -0.15) is 0 Å². The van der Waals surface area contributed by atoms with E-state index in [0.29, 0.717) is 18.0 Å². The number of benzene rings is 1. The lowest BCUT2D eigenvalue weighted by Gasteiger charge is -2.11. The van der Waals surface area contributed by atoms with Crippen LogP contribution in [-0.2, 0) is 4.74 Å². The van der Waals surface area contributed by atoms with Gasteiger partial charge in [-0.3, -0.25) is 0 Å². The van der Waals surface area contributed by atoms with E-state index >= 15 is 0 Å². The maximum Gasteiger partial charge on any atom is 0.340 e. The van der Waals surface area contributed by atoms with Crippen LogP contribution in [0.3, 0.4) is 0 Å². The number of nitrogen functional groups attached to an aromatic ring is 1. The van der Waals surface area contributed by atoms with E-state index in [4.69, 9.17) is 10.5 Å². The lowest BCUT2D eigenvalue weighted by atomic mass is 10.2. The Hall–Kier alpha value is -2.21. The van der Waals surface area contributed by atoms with Crippen molar-refractivity contribution in [1.82, 2.24) is 4.98 Å². The van der Waals surface area contributed by atoms with Crippen molar-refractivity contribution < 1.29 is 9.53 Å². The second-order valence-electron chi connectivity index (χ2n) is 4.20. The number of carbonyl (C=O) groups is 1. The molecule has 0 saturated heterocycles. The third kappa shape index (κ3) is 3.66. The van der Waals surface area contributed by atoms with Gasteiger partial charge >= 0.3 is 5.97 Å². The minimum Gasteiger partial charge on any atom is -0.462 e. The Kier molecular flexibility index (Phi) is 5.05. The molecule has 110 valence electrons. The van der Waals surface area contributed by atoms with Gasteiger partial charge in [0.2, 0.25) is 0 Å². The molecule has 1 aromatic heterocycles. The minimum absolute atomic E-state index is 0.283. The molecule has 3 N–H and O–H groups in total. The van der Waals surface area contributed by atoms with Crippen molar-refractivity contribution >= 4 is 34.9 Å². The Bertz CT molecular complexity index is 647. The second-order valence-corrected chi connectivity index (χ2v) is 5.08. The predicted molar refractivity (Wildman–Crippen MR) is 86.1 cm³/mol. The number of hydrogen-bond acceptors (Lipinski definition) is 6. The lowest BCUT2D eigenvalue weighted by molar-refractivity contribution is 0.0527. The molecule has 0 aliphatic rings. The molecule has 2 rings (SSSR count). The van der Waals surface area contributed by atoms with Crippen molar-refractivity contribution in [3.05, 3.63) is 42.1 Å². The highest BCUT2D eigenvalue weighted by Crippen LogP contribution is 2.26. The van der Waals surface area contributed by atoms with E-state index in [0.717, 1.165) is 10.6 Å². The summed E-state index contributed by atoms with van der Waals surface area (Å²) in [6.45, 7) is 2.06. The number of carbonyl (C=O) groups excluding carboxylic acids is 1. The van der Waals surface area contributed by atoms with Crippen LogP contribution in [0.4, 0.5) is 17.2 Å². The first-order chi connectivity index (χ1) is 10.2. The zero-order valence-electron chi connectivity index (χ0n) is 11.9. The first-order valence-electron chi connectivity index (χ1n) is 6.48. The molecule has 0 bridgehead atoms. The summed E-state index contributed by atoms with van der Waals surface area (Å²) in [7, 11) is 0. The van der Waals surface area contributed by atoms with Crippen LogP contribution in [0.5, 0.6) is 0 Å². The summed E-state index contributed by atoms with van der Waals surface area (Å²) in [6.07, 6.45) is 3.54. The van der Waals surface area contributed by atoms with E-state index in [1.807, 2.05) is 30.5 Å². The SMILES string of the molecule is CCOC(=O)c1ccnc(Nc2cccc(SC)c2)c1N. The monoisotopic (exact) mass is 303 g/mol. The summed E-state index contributed by atoms with van der Waals surface area (Å²) < 4.78 is 4.97. The van der Waals surface area contributed by atoms with Gasteiger partial charge in [0.1, 0.15) is 0 Å². The number of aromatic nitrogens is 1. The zero-order chi connectivity index (χ0) is 15.2. The van der Waals surface area contributed by atoms with Crippen LogP contribution in [0.1, 0.15) is 17.3 Å². The summed E-state index contributed by atoms with van der Waals surface area (Å²) in [5, 5.41) is 3.13. The topological polar surface area (TPSA) is 77.2 Å². The van der Waals surface area contributed by atoms with Crippen LogP contribution in [0.25, 0.3) is 0 Å². The molecule has 0 amide bonds. The van der Waals surface area contributed by atoms with Crippen LogP contribution in [0.15, 0.2) is 41.4 Å². The molecule has 21 heavy (non-hydrogen) atoms. The number of nitrogens with two attached hydrogens (primary N) is 1. The van der Waals surface area contributed by atoms with E-state index in [2.05, 4.69) is 10.3 Å². The predicted octanol–water partition coefficient (Wildman–Crippen LogP) is 3.31. The largest absolute Gasteiger partial charge is 0.462 e. The molecule has 6 heteroatoms. The highest BCUT2D eigenvalue weighted by Gasteiger charge is 2.14. The molecule has 0 aliphatic carbocycles. The number of thioether (sulfide) groups is 1. The van der Waals surface area contributed by atoms with E-state index < -0.39 is 5.97 Å². The first-order valence-corrected chi connectivity index (χ1v) is 7.71. The number of rotatable bonds is 5. The number of nitrogens with zero attached hydrogens (tertiary/aromatic N) is 1. The van der Waals surface area contributed by atoms with Gasteiger partial charge in [0.25, 0.3) is 0 Å². The molecule has 1 heterocycles. The summed E-state index contributed by atoms with van der Waals surface area (Å²) in [5.41, 5.74) is 7.46. The molecule has 0 atom stereocenters. The number of ether oxygens (including phenoxy) is 1. The average Bonchev–Trinajstić information content (AvgIpc) is 2.50. The molecule has 0 spiro atoms. The standard InChI is InChI=1S/C15H17N3O2S/c1-3-20-15(19)12-7-8-17-14(13(12)16)18-10-5-4-6-11(9-10)21-2/h4-9H,3,16H2,1-2H3,(H,17,18). The fourth-order valence-electron chi connectivity index (χ4n) is 1.80. The molecule has 2 aromatic rings.